The van der Waals surface area contributed by atoms with Crippen LogP contribution in [0, 0.1) is 18.8 Å². The standard InChI is InChI=1S/C17H21ClN2O3/c1-11-14(18)3-2-4-15(11)19-7-9-20(10-8-19)16(21)12-5-6-13(12)17(22)23/h2-4,12-13H,5-10H2,1H3,(H,22,23)/t12-,13+/m1/s1. The quantitative estimate of drug-likeness (QED) is 0.920. The van der Waals surface area contributed by atoms with E-state index in [1.54, 1.807) is 0 Å². The minimum Gasteiger partial charge on any atom is -0.481 e. The summed E-state index contributed by atoms with van der Waals surface area (Å²) in [6.07, 6.45) is 1.32. The van der Waals surface area contributed by atoms with E-state index in [0.29, 0.717) is 25.9 Å². The Kier molecular flexibility index (Phi) is 4.48. The molecule has 23 heavy (non-hydrogen) atoms. The minimum absolute atomic E-state index is 0.00566. The molecular weight excluding hydrogens is 316 g/mol. The van der Waals surface area contributed by atoms with E-state index in [1.807, 2.05) is 30.0 Å². The van der Waals surface area contributed by atoms with E-state index in [1.165, 1.54) is 0 Å². The van der Waals surface area contributed by atoms with Gasteiger partial charge < -0.3 is 14.9 Å². The lowest BCUT2D eigenvalue weighted by atomic mass is 9.73. The third-order valence-electron chi connectivity index (χ3n) is 5.08. The highest BCUT2D eigenvalue weighted by Crippen LogP contribution is 2.36. The van der Waals surface area contributed by atoms with Crippen LogP contribution >= 0.6 is 11.6 Å². The third-order valence-corrected chi connectivity index (χ3v) is 5.49. The van der Waals surface area contributed by atoms with Gasteiger partial charge in [-0.3, -0.25) is 9.59 Å². The van der Waals surface area contributed by atoms with Gasteiger partial charge >= 0.3 is 5.97 Å². The minimum atomic E-state index is -0.845. The first-order valence-corrected chi connectivity index (χ1v) is 8.38. The largest absolute Gasteiger partial charge is 0.481 e. The van der Waals surface area contributed by atoms with Crippen molar-refractivity contribution in [3.63, 3.8) is 0 Å². The lowest BCUT2D eigenvalue weighted by Gasteiger charge is -2.41. The number of aliphatic carboxylic acids is 1. The van der Waals surface area contributed by atoms with E-state index in [2.05, 4.69) is 4.90 Å². The SMILES string of the molecule is Cc1c(Cl)cccc1N1CCN(C(=O)[C@@H]2CC[C@@H]2C(=O)O)CC1. The van der Waals surface area contributed by atoms with Crippen molar-refractivity contribution in [2.45, 2.75) is 19.8 Å². The number of nitrogens with zero attached hydrogens (tertiary/aromatic N) is 2. The predicted molar refractivity (Wildman–Crippen MR) is 88.8 cm³/mol. The molecule has 1 heterocycles. The summed E-state index contributed by atoms with van der Waals surface area (Å²) in [5.41, 5.74) is 2.16. The van der Waals surface area contributed by atoms with Gasteiger partial charge in [0.25, 0.3) is 0 Å². The Morgan fingerprint density at radius 2 is 1.78 bits per heavy atom. The van der Waals surface area contributed by atoms with Crippen molar-refractivity contribution in [2.75, 3.05) is 31.1 Å². The van der Waals surface area contributed by atoms with Gasteiger partial charge in [0.1, 0.15) is 0 Å². The Balaban J connectivity index is 1.61. The summed E-state index contributed by atoms with van der Waals surface area (Å²) < 4.78 is 0. The van der Waals surface area contributed by atoms with Gasteiger partial charge in [-0.15, -0.1) is 0 Å². The van der Waals surface area contributed by atoms with E-state index < -0.39 is 11.9 Å². The zero-order chi connectivity index (χ0) is 16.6. The van der Waals surface area contributed by atoms with Crippen LogP contribution < -0.4 is 4.90 Å². The van der Waals surface area contributed by atoms with E-state index in [4.69, 9.17) is 16.7 Å². The molecule has 3 rings (SSSR count). The van der Waals surface area contributed by atoms with Crippen LogP contribution in [0.15, 0.2) is 18.2 Å². The molecule has 1 aromatic carbocycles. The maximum atomic E-state index is 12.5. The average molecular weight is 337 g/mol. The Morgan fingerprint density at radius 1 is 1.13 bits per heavy atom. The smallest absolute Gasteiger partial charge is 0.307 e. The molecule has 1 aliphatic carbocycles. The van der Waals surface area contributed by atoms with Crippen LogP contribution in [0.4, 0.5) is 5.69 Å². The number of carbonyl (C=O) groups excluding carboxylic acids is 1. The Hall–Kier alpha value is -1.75. The molecule has 0 unspecified atom stereocenters. The van der Waals surface area contributed by atoms with Gasteiger partial charge in [-0.25, -0.2) is 0 Å². The van der Waals surface area contributed by atoms with Crippen LogP contribution in [-0.4, -0.2) is 48.1 Å². The maximum Gasteiger partial charge on any atom is 0.307 e. The second-order valence-electron chi connectivity index (χ2n) is 6.32. The number of piperazine rings is 1. The highest BCUT2D eigenvalue weighted by molar-refractivity contribution is 6.31. The Labute approximate surface area is 140 Å². The van der Waals surface area contributed by atoms with Crippen molar-refractivity contribution in [3.8, 4) is 0 Å². The van der Waals surface area contributed by atoms with Crippen LogP contribution in [0.1, 0.15) is 18.4 Å². The van der Waals surface area contributed by atoms with Crippen molar-refractivity contribution >= 4 is 29.2 Å². The molecule has 1 saturated heterocycles. The van der Waals surface area contributed by atoms with Gasteiger partial charge in [0.15, 0.2) is 0 Å². The summed E-state index contributed by atoms with van der Waals surface area (Å²) in [6.45, 7) is 4.76. The van der Waals surface area contributed by atoms with Crippen molar-refractivity contribution < 1.29 is 14.7 Å². The fourth-order valence-corrected chi connectivity index (χ4v) is 3.60. The lowest BCUT2D eigenvalue weighted by molar-refractivity contribution is -0.156. The van der Waals surface area contributed by atoms with Crippen LogP contribution in [0.25, 0.3) is 0 Å². The molecule has 2 atom stereocenters. The summed E-state index contributed by atoms with van der Waals surface area (Å²) in [5, 5.41) is 9.86. The lowest BCUT2D eigenvalue weighted by Crippen LogP contribution is -2.53. The van der Waals surface area contributed by atoms with E-state index in [9.17, 15) is 9.59 Å². The van der Waals surface area contributed by atoms with Gasteiger partial charge in [0, 0.05) is 36.9 Å². The number of hydrogen-bond donors (Lipinski definition) is 1. The van der Waals surface area contributed by atoms with Crippen molar-refractivity contribution in [1.29, 1.82) is 0 Å². The molecule has 5 nitrogen and oxygen atoms in total. The monoisotopic (exact) mass is 336 g/mol. The Bertz CT molecular complexity index is 626. The molecule has 0 spiro atoms. The molecule has 1 aromatic rings. The number of carboxylic acids is 1. The van der Waals surface area contributed by atoms with E-state index in [0.717, 1.165) is 29.4 Å². The summed E-state index contributed by atoms with van der Waals surface area (Å²) >= 11 is 6.18. The highest BCUT2D eigenvalue weighted by atomic mass is 35.5. The van der Waals surface area contributed by atoms with Crippen LogP contribution in [-0.2, 0) is 9.59 Å². The first-order chi connectivity index (χ1) is 11.0. The highest BCUT2D eigenvalue weighted by Gasteiger charge is 2.43. The summed E-state index contributed by atoms with van der Waals surface area (Å²) in [6, 6.07) is 5.86. The summed E-state index contributed by atoms with van der Waals surface area (Å²) in [7, 11) is 0. The molecule has 6 heteroatoms. The van der Waals surface area contributed by atoms with Gasteiger partial charge in [-0.2, -0.15) is 0 Å². The molecular formula is C17H21ClN2O3. The molecule has 1 N–H and O–H groups in total. The zero-order valence-corrected chi connectivity index (χ0v) is 13.9. The molecule has 2 aliphatic rings. The first kappa shape index (κ1) is 16.1. The molecule has 0 radical (unpaired) electrons. The van der Waals surface area contributed by atoms with Gasteiger partial charge in [0.2, 0.25) is 5.91 Å². The summed E-state index contributed by atoms with van der Waals surface area (Å²) in [5.74, 6) is -1.66. The van der Waals surface area contributed by atoms with E-state index >= 15 is 0 Å². The summed E-state index contributed by atoms with van der Waals surface area (Å²) in [4.78, 5) is 27.6. The van der Waals surface area contributed by atoms with Crippen molar-refractivity contribution in [3.05, 3.63) is 28.8 Å². The number of amides is 1. The normalized spacial score (nSPS) is 24.3. The number of rotatable bonds is 3. The van der Waals surface area contributed by atoms with Gasteiger partial charge in [-0.1, -0.05) is 17.7 Å². The molecule has 2 fully saturated rings. The number of benzene rings is 1. The fourth-order valence-electron chi connectivity index (χ4n) is 3.43. The molecule has 0 bridgehead atoms. The number of carbonyl (C=O) groups is 2. The maximum absolute atomic E-state index is 12.5. The second-order valence-corrected chi connectivity index (χ2v) is 6.73. The molecule has 0 aromatic heterocycles. The molecule has 1 saturated carbocycles. The third kappa shape index (κ3) is 3.02. The average Bonchev–Trinajstić information content (AvgIpc) is 2.48. The molecule has 124 valence electrons. The first-order valence-electron chi connectivity index (χ1n) is 8.00. The molecule has 1 amide bonds. The van der Waals surface area contributed by atoms with Gasteiger partial charge in [-0.05, 0) is 37.5 Å². The predicted octanol–water partition coefficient (Wildman–Crippen LogP) is 2.41. The number of anilines is 1. The zero-order valence-electron chi connectivity index (χ0n) is 13.2. The van der Waals surface area contributed by atoms with E-state index in [-0.39, 0.29) is 11.8 Å². The Morgan fingerprint density at radius 3 is 2.35 bits per heavy atom. The fraction of sp³-hybridized carbons (Fsp3) is 0.529. The van der Waals surface area contributed by atoms with Crippen LogP contribution in [0.5, 0.6) is 0 Å². The number of hydrogen-bond acceptors (Lipinski definition) is 3. The number of carboxylic acid groups (broad SMARTS) is 1. The topological polar surface area (TPSA) is 60.9 Å². The van der Waals surface area contributed by atoms with Crippen molar-refractivity contribution in [2.24, 2.45) is 11.8 Å². The molecule has 1 aliphatic heterocycles. The van der Waals surface area contributed by atoms with Crippen molar-refractivity contribution in [1.82, 2.24) is 4.90 Å². The van der Waals surface area contributed by atoms with Gasteiger partial charge in [0.05, 0.1) is 11.8 Å². The van der Waals surface area contributed by atoms with Crippen LogP contribution in [0.2, 0.25) is 5.02 Å². The van der Waals surface area contributed by atoms with Crippen LogP contribution in [0.3, 0.4) is 0 Å². The second kappa shape index (κ2) is 6.40. The number of halogens is 1.